The number of carbonyl (C=O) groups is 1. The van der Waals surface area contributed by atoms with Crippen LogP contribution >= 0.6 is 0 Å². The lowest BCUT2D eigenvalue weighted by atomic mass is 9.85. The highest BCUT2D eigenvalue weighted by Crippen LogP contribution is 2.33. The van der Waals surface area contributed by atoms with Gasteiger partial charge in [0.25, 0.3) is 0 Å². The fourth-order valence-electron chi connectivity index (χ4n) is 4.13. The molecule has 0 radical (unpaired) electrons. The molecule has 0 spiro atoms. The molecule has 0 bridgehead atoms. The van der Waals surface area contributed by atoms with Gasteiger partial charge in [0.1, 0.15) is 0 Å². The first-order valence-corrected chi connectivity index (χ1v) is 10.2. The van der Waals surface area contributed by atoms with E-state index in [0.717, 1.165) is 19.3 Å². The molecule has 0 saturated heterocycles. The average molecular weight is 338 g/mol. The topological polar surface area (TPSA) is 49.3 Å². The highest BCUT2D eigenvalue weighted by Gasteiger charge is 2.27. The number of carboxylic acid groups (broad SMARTS) is 1. The van der Waals surface area contributed by atoms with Crippen molar-refractivity contribution in [2.24, 2.45) is 11.8 Å². The predicted octanol–water partition coefficient (Wildman–Crippen LogP) is 5.55. The van der Waals surface area contributed by atoms with Gasteiger partial charge in [0.2, 0.25) is 0 Å². The van der Waals surface area contributed by atoms with Crippen molar-refractivity contribution in [3.05, 3.63) is 12.2 Å². The van der Waals surface area contributed by atoms with Crippen molar-refractivity contribution in [2.45, 2.75) is 96.4 Å². The van der Waals surface area contributed by atoms with Crippen LogP contribution in [-0.4, -0.2) is 24.2 Å². The molecule has 0 aromatic carbocycles. The van der Waals surface area contributed by atoms with Gasteiger partial charge in [-0.3, -0.25) is 4.79 Å². The Labute approximate surface area is 149 Å². The summed E-state index contributed by atoms with van der Waals surface area (Å²) in [6.07, 6.45) is 19.8. The summed E-state index contributed by atoms with van der Waals surface area (Å²) in [4.78, 5) is 11.0. The Balaban J connectivity index is 2.28. The zero-order valence-electron chi connectivity index (χ0n) is 15.9. The number of carboxylic acids is 1. The van der Waals surface area contributed by atoms with Gasteiger partial charge in [-0.2, -0.15) is 0 Å². The minimum Gasteiger partial charge on any atom is -0.481 e. The Kier molecular flexibility index (Phi) is 11.9. The van der Waals surface area contributed by atoms with E-state index in [-0.39, 0.29) is 0 Å². The van der Waals surface area contributed by atoms with Gasteiger partial charge < -0.3 is 10.4 Å². The smallest absolute Gasteiger partial charge is 0.303 e. The van der Waals surface area contributed by atoms with Crippen molar-refractivity contribution in [1.82, 2.24) is 5.32 Å². The van der Waals surface area contributed by atoms with E-state index >= 15 is 0 Å². The van der Waals surface area contributed by atoms with Gasteiger partial charge in [-0.15, -0.1) is 0 Å². The molecule has 2 N–H and O–H groups in total. The number of allylic oxidation sites excluding steroid dienone is 2. The zero-order chi connectivity index (χ0) is 17.6. The fourth-order valence-corrected chi connectivity index (χ4v) is 4.13. The second kappa shape index (κ2) is 13.5. The molecule has 0 heterocycles. The van der Waals surface area contributed by atoms with Gasteiger partial charge in [-0.05, 0) is 70.3 Å². The molecule has 24 heavy (non-hydrogen) atoms. The molecule has 0 aromatic rings. The summed E-state index contributed by atoms with van der Waals surface area (Å²) >= 11 is 0. The third-order valence-corrected chi connectivity index (χ3v) is 5.50. The van der Waals surface area contributed by atoms with Crippen LogP contribution in [0.25, 0.3) is 0 Å². The van der Waals surface area contributed by atoms with Crippen LogP contribution in [0.15, 0.2) is 12.2 Å². The molecule has 3 unspecified atom stereocenters. The van der Waals surface area contributed by atoms with Gasteiger partial charge in [0.15, 0.2) is 0 Å². The summed E-state index contributed by atoms with van der Waals surface area (Å²) in [5.41, 5.74) is 0. The molecule has 3 nitrogen and oxygen atoms in total. The Morgan fingerprint density at radius 3 is 2.54 bits per heavy atom. The summed E-state index contributed by atoms with van der Waals surface area (Å²) in [6.45, 7) is 2.25. The van der Waals surface area contributed by atoms with Crippen LogP contribution in [0.3, 0.4) is 0 Å². The number of aliphatic carboxylic acids is 1. The highest BCUT2D eigenvalue weighted by molar-refractivity contribution is 5.67. The zero-order valence-corrected chi connectivity index (χ0v) is 15.9. The average Bonchev–Trinajstić information content (AvgIpc) is 2.74. The summed E-state index contributed by atoms with van der Waals surface area (Å²) in [6, 6.07) is 0.571. The van der Waals surface area contributed by atoms with Crippen molar-refractivity contribution in [1.29, 1.82) is 0 Å². The first kappa shape index (κ1) is 21.2. The fraction of sp³-hybridized carbons (Fsp3) is 0.857. The van der Waals surface area contributed by atoms with E-state index in [1.54, 1.807) is 0 Å². The highest BCUT2D eigenvalue weighted by atomic mass is 16.4. The Morgan fingerprint density at radius 2 is 1.88 bits per heavy atom. The molecular formula is C21H39NO2. The second-order valence-electron chi connectivity index (χ2n) is 7.54. The van der Waals surface area contributed by atoms with Crippen molar-refractivity contribution < 1.29 is 9.90 Å². The molecule has 140 valence electrons. The number of nitrogens with one attached hydrogen (secondary N) is 1. The molecule has 1 aliphatic rings. The first-order chi connectivity index (χ1) is 11.7. The van der Waals surface area contributed by atoms with E-state index in [1.807, 2.05) is 0 Å². The molecule has 3 heteroatoms. The molecule has 0 aliphatic heterocycles. The van der Waals surface area contributed by atoms with E-state index in [2.05, 4.69) is 31.4 Å². The minimum atomic E-state index is -0.632. The van der Waals surface area contributed by atoms with E-state index < -0.39 is 5.97 Å². The van der Waals surface area contributed by atoms with Crippen LogP contribution < -0.4 is 5.32 Å². The summed E-state index contributed by atoms with van der Waals surface area (Å²) in [5, 5.41) is 12.6. The number of hydrogen-bond donors (Lipinski definition) is 2. The van der Waals surface area contributed by atoms with Crippen LogP contribution in [0.2, 0.25) is 0 Å². The lowest BCUT2D eigenvalue weighted by Gasteiger charge is -2.26. The largest absolute Gasteiger partial charge is 0.481 e. The van der Waals surface area contributed by atoms with Crippen LogP contribution in [0.5, 0.6) is 0 Å². The van der Waals surface area contributed by atoms with Gasteiger partial charge in [-0.1, -0.05) is 44.8 Å². The molecule has 0 aromatic heterocycles. The van der Waals surface area contributed by atoms with E-state index in [4.69, 9.17) is 5.11 Å². The molecule has 1 saturated carbocycles. The first-order valence-electron chi connectivity index (χ1n) is 10.2. The lowest BCUT2D eigenvalue weighted by molar-refractivity contribution is -0.138. The van der Waals surface area contributed by atoms with Crippen LogP contribution in [0.1, 0.15) is 90.4 Å². The molecule has 3 atom stereocenters. The third kappa shape index (κ3) is 9.46. The van der Waals surface area contributed by atoms with Gasteiger partial charge in [-0.25, -0.2) is 0 Å². The van der Waals surface area contributed by atoms with E-state index in [1.165, 1.54) is 57.8 Å². The summed E-state index contributed by atoms with van der Waals surface area (Å²) in [7, 11) is 2.06. The second-order valence-corrected chi connectivity index (χ2v) is 7.54. The lowest BCUT2D eigenvalue weighted by Crippen LogP contribution is -2.33. The van der Waals surface area contributed by atoms with Crippen LogP contribution in [0.4, 0.5) is 0 Å². The summed E-state index contributed by atoms with van der Waals surface area (Å²) < 4.78 is 0. The Hall–Kier alpha value is -0.830. The van der Waals surface area contributed by atoms with Gasteiger partial charge >= 0.3 is 5.97 Å². The molecule has 1 aliphatic carbocycles. The maximum atomic E-state index is 11.0. The van der Waals surface area contributed by atoms with Crippen LogP contribution in [-0.2, 0) is 4.79 Å². The maximum absolute atomic E-state index is 11.0. The molecule has 0 amide bonds. The molecule has 1 rings (SSSR count). The van der Waals surface area contributed by atoms with Crippen molar-refractivity contribution in [2.75, 3.05) is 7.05 Å². The number of unbranched alkanes of at least 4 members (excludes halogenated alkanes) is 5. The third-order valence-electron chi connectivity index (χ3n) is 5.50. The predicted molar refractivity (Wildman–Crippen MR) is 102 cm³/mol. The quantitative estimate of drug-likeness (QED) is 0.279. The normalized spacial score (nSPS) is 25.0. The Bertz CT molecular complexity index is 354. The monoisotopic (exact) mass is 337 g/mol. The minimum absolute atomic E-state index is 0.352. The summed E-state index contributed by atoms with van der Waals surface area (Å²) in [5.74, 6) is 0.382. The standard InChI is InChI=1S/C21H39NO2/c1-3-4-5-6-7-8-9-10-11-14-19-16-18(17-21(23)24)13-12-15-20(19)22-2/h8-9,18-20,22H,3-7,10-17H2,1-2H3,(H,23,24). The van der Waals surface area contributed by atoms with Crippen molar-refractivity contribution in [3.63, 3.8) is 0 Å². The van der Waals surface area contributed by atoms with Crippen LogP contribution in [0, 0.1) is 11.8 Å². The van der Waals surface area contributed by atoms with Gasteiger partial charge in [0, 0.05) is 12.5 Å². The maximum Gasteiger partial charge on any atom is 0.303 e. The molecule has 1 fully saturated rings. The van der Waals surface area contributed by atoms with Gasteiger partial charge in [0.05, 0.1) is 0 Å². The molecular weight excluding hydrogens is 298 g/mol. The van der Waals surface area contributed by atoms with E-state index in [0.29, 0.717) is 24.3 Å². The number of rotatable bonds is 12. The van der Waals surface area contributed by atoms with E-state index in [9.17, 15) is 4.79 Å². The van der Waals surface area contributed by atoms with Crippen molar-refractivity contribution >= 4 is 5.97 Å². The van der Waals surface area contributed by atoms with Crippen molar-refractivity contribution in [3.8, 4) is 0 Å². The Morgan fingerprint density at radius 1 is 1.12 bits per heavy atom. The number of hydrogen-bond acceptors (Lipinski definition) is 2. The SMILES string of the molecule is CCCCCCC=CCCCC1CC(CC(=O)O)CCCC1NC.